The number of halogens is 3. The fourth-order valence-corrected chi connectivity index (χ4v) is 5.37. The van der Waals surface area contributed by atoms with Crippen molar-refractivity contribution < 1.29 is 38.4 Å². The molecule has 1 heterocycles. The van der Waals surface area contributed by atoms with Crippen LogP contribution in [-0.2, 0) is 16.1 Å². The second kappa shape index (κ2) is 16.6. The fourth-order valence-electron chi connectivity index (χ4n) is 4.59. The van der Waals surface area contributed by atoms with E-state index in [2.05, 4.69) is 37.1 Å². The van der Waals surface area contributed by atoms with Gasteiger partial charge in [0.15, 0.2) is 29.2 Å². The molecule has 250 valence electrons. The van der Waals surface area contributed by atoms with Gasteiger partial charge in [0.25, 0.3) is 0 Å². The van der Waals surface area contributed by atoms with Gasteiger partial charge in [0.05, 0.1) is 48.7 Å². The summed E-state index contributed by atoms with van der Waals surface area (Å²) in [5.41, 5.74) is 5.19. The molecule has 0 saturated carbocycles. The van der Waals surface area contributed by atoms with E-state index in [4.69, 9.17) is 46.9 Å². The topological polar surface area (TPSA) is 149 Å². The second-order valence-electron chi connectivity index (χ2n) is 9.98. The summed E-state index contributed by atoms with van der Waals surface area (Å²) in [4.78, 5) is 24.7. The number of carbonyl (C=O) groups excluding carboxylic acids is 2. The van der Waals surface area contributed by atoms with Gasteiger partial charge in [-0.25, -0.2) is 9.59 Å². The highest BCUT2D eigenvalue weighted by atomic mass is 79.9. The summed E-state index contributed by atoms with van der Waals surface area (Å²) in [7, 11) is 2.79. The lowest BCUT2D eigenvalue weighted by Gasteiger charge is -2.28. The molecule has 0 unspecified atom stereocenters. The average Bonchev–Trinajstić information content (AvgIpc) is 3.04. The number of aliphatic hydroxyl groups excluding tert-OH is 1. The van der Waals surface area contributed by atoms with E-state index in [1.54, 1.807) is 62.4 Å². The fraction of sp³-hybridized carbons (Fsp3) is 0.281. The number of nitrogens with zero attached hydrogens (tertiary/aromatic N) is 1. The molecule has 12 nitrogen and oxygen atoms in total. The molecule has 0 fully saturated rings. The lowest BCUT2D eigenvalue weighted by molar-refractivity contribution is -0.136. The Morgan fingerprint density at radius 3 is 2.55 bits per heavy atom. The number of benzene rings is 3. The minimum Gasteiger partial charge on any atom is -0.493 e. The van der Waals surface area contributed by atoms with Gasteiger partial charge in [-0.05, 0) is 61.4 Å². The maximum atomic E-state index is 12.5. The highest BCUT2D eigenvalue weighted by molar-refractivity contribution is 9.10. The van der Waals surface area contributed by atoms with Gasteiger partial charge in [0, 0.05) is 15.7 Å². The number of allylic oxidation sites excluding steroid dienone is 1. The van der Waals surface area contributed by atoms with Crippen LogP contribution in [-0.4, -0.2) is 57.0 Å². The van der Waals surface area contributed by atoms with Crippen LogP contribution < -0.4 is 35.0 Å². The third-order valence-corrected chi connectivity index (χ3v) is 7.93. The lowest BCUT2D eigenvalue weighted by Crippen LogP contribution is -2.45. The Bertz CT molecular complexity index is 1690. The summed E-state index contributed by atoms with van der Waals surface area (Å²) in [6.07, 6.45) is 0.262. The molecule has 3 aromatic carbocycles. The molecule has 0 aliphatic carbocycles. The number of esters is 1. The van der Waals surface area contributed by atoms with Crippen LogP contribution in [0, 0.1) is 0 Å². The molecular weight excluding hydrogens is 719 g/mol. The van der Waals surface area contributed by atoms with Gasteiger partial charge in [0.1, 0.15) is 13.2 Å². The smallest absolute Gasteiger partial charge is 0.337 e. The predicted molar refractivity (Wildman–Crippen MR) is 180 cm³/mol. The van der Waals surface area contributed by atoms with Crippen molar-refractivity contribution in [1.82, 2.24) is 16.1 Å². The Kier molecular flexibility index (Phi) is 12.6. The number of hydrogen-bond acceptors (Lipinski definition) is 10. The maximum absolute atomic E-state index is 12.5. The zero-order valence-electron chi connectivity index (χ0n) is 25.9. The highest BCUT2D eigenvalue weighted by Gasteiger charge is 2.32. The zero-order chi connectivity index (χ0) is 34.1. The molecule has 1 aliphatic heterocycles. The summed E-state index contributed by atoms with van der Waals surface area (Å²) in [5, 5.41) is 20.9. The molecule has 15 heteroatoms. The third kappa shape index (κ3) is 9.22. The highest BCUT2D eigenvalue weighted by Crippen LogP contribution is 2.36. The first kappa shape index (κ1) is 35.7. The van der Waals surface area contributed by atoms with Gasteiger partial charge >= 0.3 is 12.0 Å². The first-order valence-corrected chi connectivity index (χ1v) is 15.8. The zero-order valence-corrected chi connectivity index (χ0v) is 29.0. The number of methoxy groups -OCH3 is 2. The number of amides is 2. The molecule has 0 radical (unpaired) electrons. The number of urea groups is 1. The largest absolute Gasteiger partial charge is 0.493 e. The van der Waals surface area contributed by atoms with Crippen LogP contribution in [0.1, 0.15) is 36.6 Å². The molecule has 4 rings (SSSR count). The average molecular weight is 752 g/mol. The summed E-state index contributed by atoms with van der Waals surface area (Å²) >= 11 is 15.6. The van der Waals surface area contributed by atoms with E-state index < -0.39 is 24.3 Å². The molecule has 0 saturated heterocycles. The third-order valence-electron chi connectivity index (χ3n) is 6.73. The molecule has 2 amide bonds. The minimum atomic E-state index is -1.21. The van der Waals surface area contributed by atoms with Crippen molar-refractivity contribution in [3.8, 4) is 23.0 Å². The lowest BCUT2D eigenvalue weighted by atomic mass is 9.95. The minimum absolute atomic E-state index is 0.185. The van der Waals surface area contributed by atoms with E-state index in [1.165, 1.54) is 20.4 Å². The maximum Gasteiger partial charge on any atom is 0.337 e. The summed E-state index contributed by atoms with van der Waals surface area (Å²) in [6.45, 7) is 3.72. The van der Waals surface area contributed by atoms with Crippen LogP contribution in [0.25, 0.3) is 0 Å². The molecule has 2 atom stereocenters. The first-order chi connectivity index (χ1) is 22.5. The summed E-state index contributed by atoms with van der Waals surface area (Å²) < 4.78 is 28.8. The van der Waals surface area contributed by atoms with E-state index in [0.29, 0.717) is 56.5 Å². The van der Waals surface area contributed by atoms with Gasteiger partial charge in [-0.2, -0.15) is 5.10 Å². The van der Waals surface area contributed by atoms with Crippen molar-refractivity contribution in [3.63, 3.8) is 0 Å². The number of ether oxygens (including phenoxy) is 5. The van der Waals surface area contributed by atoms with E-state index in [-0.39, 0.29) is 18.8 Å². The van der Waals surface area contributed by atoms with Gasteiger partial charge in [-0.15, -0.1) is 0 Å². The van der Waals surface area contributed by atoms with E-state index in [1.807, 2.05) is 0 Å². The first-order valence-electron chi connectivity index (χ1n) is 14.2. The summed E-state index contributed by atoms with van der Waals surface area (Å²) in [5.74, 6) is 0.977. The van der Waals surface area contributed by atoms with E-state index >= 15 is 0 Å². The summed E-state index contributed by atoms with van der Waals surface area (Å²) in [6, 6.07) is 12.5. The van der Waals surface area contributed by atoms with Crippen LogP contribution in [0.5, 0.6) is 23.0 Å². The monoisotopic (exact) mass is 750 g/mol. The van der Waals surface area contributed by atoms with Crippen molar-refractivity contribution >= 4 is 57.3 Å². The Balaban J connectivity index is 1.44. The van der Waals surface area contributed by atoms with Crippen LogP contribution in [0.15, 0.2) is 69.4 Å². The van der Waals surface area contributed by atoms with Gasteiger partial charge < -0.3 is 39.4 Å². The Hall–Kier alpha value is -4.17. The van der Waals surface area contributed by atoms with Crippen LogP contribution in [0.3, 0.4) is 0 Å². The van der Waals surface area contributed by atoms with Gasteiger partial charge in [0.2, 0.25) is 0 Å². The molecule has 0 aromatic heterocycles. The molecule has 3 aromatic rings. The van der Waals surface area contributed by atoms with Gasteiger partial charge in [-0.3, -0.25) is 5.43 Å². The van der Waals surface area contributed by atoms with E-state index in [0.717, 1.165) is 10.0 Å². The van der Waals surface area contributed by atoms with Crippen molar-refractivity contribution in [2.75, 3.05) is 27.4 Å². The van der Waals surface area contributed by atoms with Gasteiger partial charge in [-0.1, -0.05) is 51.3 Å². The van der Waals surface area contributed by atoms with Crippen molar-refractivity contribution in [2.45, 2.75) is 32.7 Å². The normalized spacial score (nSPS) is 15.1. The molecule has 47 heavy (non-hydrogen) atoms. The molecule has 0 bridgehead atoms. The Morgan fingerprint density at radius 2 is 1.85 bits per heavy atom. The Labute approximate surface area is 290 Å². The molecular formula is C32H33BrCl2N4O8. The number of hydrogen-bond donors (Lipinski definition) is 4. The quantitative estimate of drug-likeness (QED) is 0.0688. The number of carbonyl (C=O) groups is 2. The van der Waals surface area contributed by atoms with Crippen molar-refractivity contribution in [2.24, 2.45) is 5.10 Å². The predicted octanol–water partition coefficient (Wildman–Crippen LogP) is 5.86. The number of rotatable bonds is 14. The van der Waals surface area contributed by atoms with Crippen LogP contribution in [0.2, 0.25) is 10.0 Å². The van der Waals surface area contributed by atoms with Crippen molar-refractivity contribution in [3.05, 3.63) is 91.0 Å². The van der Waals surface area contributed by atoms with E-state index in [9.17, 15) is 14.7 Å². The number of aliphatic hydroxyl groups is 1. The van der Waals surface area contributed by atoms with Crippen LogP contribution in [0.4, 0.5) is 4.79 Å². The number of nitrogens with one attached hydrogen (secondary N) is 3. The SMILES string of the molecule is CCOc1cc([C@H]2NC(=O)NC(C)=C2C(=O)OC)ccc1OC[C@@H](O)N/N=C/c1cc(Br)cc(OC)c1OCc1ccc(Cl)c(Cl)c1. The molecule has 4 N–H and O–H groups in total. The Morgan fingerprint density at radius 1 is 1.06 bits per heavy atom. The standard InChI is InChI=1S/C32H33BrCl2N4O8/c1-5-45-25-12-19(29-28(31(41)44-4)17(2)37-32(42)38-29)7-9-24(25)46-16-27(40)39-36-14-20-11-21(33)13-26(43-3)30(20)47-15-18-6-8-22(34)23(35)10-18/h6-14,27,29,39-40H,5,15-16H2,1-4H3,(H2,37,38,42)/b36-14+/t27-,29-/m1/s1. The second-order valence-corrected chi connectivity index (χ2v) is 11.7. The van der Waals surface area contributed by atoms with Crippen molar-refractivity contribution in [1.29, 1.82) is 0 Å². The number of hydrazone groups is 1. The van der Waals surface area contributed by atoms with Crippen LogP contribution >= 0.6 is 39.1 Å². The molecule has 1 aliphatic rings. The molecule has 0 spiro atoms.